The van der Waals surface area contributed by atoms with Crippen molar-refractivity contribution in [2.75, 3.05) is 0 Å². The van der Waals surface area contributed by atoms with Gasteiger partial charge in [-0.3, -0.25) is 0 Å². The Bertz CT molecular complexity index is 757. The lowest BCUT2D eigenvalue weighted by molar-refractivity contribution is 0.303. The van der Waals surface area contributed by atoms with Crippen LogP contribution in [-0.4, -0.2) is 9.97 Å². The molecule has 0 saturated carbocycles. The number of aromatic amines is 1. The van der Waals surface area contributed by atoms with Crippen LogP contribution in [-0.2, 0) is 13.0 Å². The number of ether oxygens (including phenoxy) is 1. The minimum Gasteiger partial charge on any atom is -0.489 e. The summed E-state index contributed by atoms with van der Waals surface area (Å²) in [5, 5.41) is 1.22. The maximum absolute atomic E-state index is 6.17. The van der Waals surface area contributed by atoms with Crippen LogP contribution in [0.15, 0.2) is 54.9 Å². The van der Waals surface area contributed by atoms with E-state index in [2.05, 4.69) is 9.97 Å². The van der Waals surface area contributed by atoms with Gasteiger partial charge < -0.3 is 9.72 Å². The van der Waals surface area contributed by atoms with E-state index in [1.165, 1.54) is 0 Å². The van der Waals surface area contributed by atoms with Crippen molar-refractivity contribution in [1.82, 2.24) is 9.97 Å². The van der Waals surface area contributed by atoms with E-state index < -0.39 is 0 Å². The number of hydrogen-bond donors (Lipinski definition) is 1. The van der Waals surface area contributed by atoms with Crippen LogP contribution in [0, 0.1) is 0 Å². The van der Waals surface area contributed by atoms with Crippen LogP contribution in [0.1, 0.15) is 17.0 Å². The van der Waals surface area contributed by atoms with Gasteiger partial charge in [0.15, 0.2) is 0 Å². The number of hydrogen-bond acceptors (Lipinski definition) is 2. The zero-order valence-corrected chi connectivity index (χ0v) is 13.2. The molecule has 0 bridgehead atoms. The van der Waals surface area contributed by atoms with Crippen molar-refractivity contribution in [2.24, 2.45) is 0 Å². The summed E-state index contributed by atoms with van der Waals surface area (Å²) in [4.78, 5) is 7.35. The molecule has 0 spiro atoms. The fraction of sp³-hybridized carbons (Fsp3) is 0.118. The van der Waals surface area contributed by atoms with Gasteiger partial charge in [0.1, 0.15) is 18.2 Å². The number of imidazole rings is 1. The highest BCUT2D eigenvalue weighted by molar-refractivity contribution is 6.35. The van der Waals surface area contributed by atoms with Crippen LogP contribution >= 0.6 is 23.2 Å². The molecule has 0 amide bonds. The van der Waals surface area contributed by atoms with Crippen LogP contribution < -0.4 is 4.74 Å². The molecular formula is C17H14Cl2N2O. The van der Waals surface area contributed by atoms with Crippen molar-refractivity contribution < 1.29 is 4.74 Å². The van der Waals surface area contributed by atoms with E-state index in [4.69, 9.17) is 27.9 Å². The van der Waals surface area contributed by atoms with Crippen LogP contribution in [0.25, 0.3) is 0 Å². The van der Waals surface area contributed by atoms with Crippen LogP contribution in [0.2, 0.25) is 10.0 Å². The predicted molar refractivity (Wildman–Crippen MR) is 88.6 cm³/mol. The van der Waals surface area contributed by atoms with Gasteiger partial charge in [-0.15, -0.1) is 0 Å². The highest BCUT2D eigenvalue weighted by Gasteiger charge is 2.07. The second kappa shape index (κ2) is 6.86. The maximum atomic E-state index is 6.17. The third kappa shape index (κ3) is 3.62. The zero-order chi connectivity index (χ0) is 15.4. The topological polar surface area (TPSA) is 37.9 Å². The summed E-state index contributed by atoms with van der Waals surface area (Å²) in [6.45, 7) is 0.394. The Morgan fingerprint density at radius 2 is 1.91 bits per heavy atom. The first kappa shape index (κ1) is 14.9. The van der Waals surface area contributed by atoms with Crippen LogP contribution in [0.5, 0.6) is 5.75 Å². The Kier molecular flexibility index (Phi) is 4.66. The van der Waals surface area contributed by atoms with E-state index in [0.29, 0.717) is 23.1 Å². The van der Waals surface area contributed by atoms with Gasteiger partial charge in [-0.1, -0.05) is 47.5 Å². The van der Waals surface area contributed by atoms with Crippen molar-refractivity contribution in [2.45, 2.75) is 13.0 Å². The molecule has 3 nitrogen and oxygen atoms in total. The molecule has 3 rings (SSSR count). The monoisotopic (exact) mass is 332 g/mol. The standard InChI is InChI=1S/C17H14Cl2N2O/c18-14-6-5-13(15(19)10-14)11-22-16-4-2-1-3-12(16)9-17-20-7-8-21-17/h1-8,10H,9,11H2,(H,20,21). The first-order valence-electron chi connectivity index (χ1n) is 6.85. The molecule has 0 unspecified atom stereocenters. The van der Waals surface area contributed by atoms with E-state index in [1.807, 2.05) is 36.5 Å². The molecule has 22 heavy (non-hydrogen) atoms. The molecule has 1 aromatic heterocycles. The molecule has 0 fully saturated rings. The van der Waals surface area contributed by atoms with Gasteiger partial charge in [0, 0.05) is 40.0 Å². The fourth-order valence-electron chi connectivity index (χ4n) is 2.16. The van der Waals surface area contributed by atoms with Gasteiger partial charge in [0.05, 0.1) is 0 Å². The van der Waals surface area contributed by atoms with Gasteiger partial charge in [-0.25, -0.2) is 4.98 Å². The molecule has 0 atom stereocenters. The van der Waals surface area contributed by atoms with Crippen molar-refractivity contribution in [3.8, 4) is 5.75 Å². The summed E-state index contributed by atoms with van der Waals surface area (Å²) in [6, 6.07) is 13.3. The van der Waals surface area contributed by atoms with Crippen molar-refractivity contribution >= 4 is 23.2 Å². The number of nitrogens with zero attached hydrogens (tertiary/aromatic N) is 1. The summed E-state index contributed by atoms with van der Waals surface area (Å²) in [5.74, 6) is 1.73. The molecule has 112 valence electrons. The van der Waals surface area contributed by atoms with Crippen LogP contribution in [0.3, 0.4) is 0 Å². The SMILES string of the molecule is Clc1ccc(COc2ccccc2Cc2ncc[nH]2)c(Cl)c1. The van der Waals surface area contributed by atoms with E-state index in [1.54, 1.807) is 18.3 Å². The number of para-hydroxylation sites is 1. The smallest absolute Gasteiger partial charge is 0.123 e. The van der Waals surface area contributed by atoms with Crippen molar-refractivity contribution in [1.29, 1.82) is 0 Å². The lowest BCUT2D eigenvalue weighted by Gasteiger charge is -2.12. The molecule has 0 radical (unpaired) electrons. The summed E-state index contributed by atoms with van der Waals surface area (Å²) < 4.78 is 5.92. The quantitative estimate of drug-likeness (QED) is 0.722. The minimum atomic E-state index is 0.394. The molecule has 5 heteroatoms. The van der Waals surface area contributed by atoms with E-state index in [-0.39, 0.29) is 0 Å². The van der Waals surface area contributed by atoms with Gasteiger partial charge >= 0.3 is 0 Å². The predicted octanol–water partition coefficient (Wildman–Crippen LogP) is 4.89. The summed E-state index contributed by atoms with van der Waals surface area (Å²) in [7, 11) is 0. The Morgan fingerprint density at radius 1 is 1.05 bits per heavy atom. The molecule has 1 heterocycles. The molecular weight excluding hydrogens is 319 g/mol. The van der Waals surface area contributed by atoms with Gasteiger partial charge in [0.2, 0.25) is 0 Å². The molecule has 0 aliphatic carbocycles. The van der Waals surface area contributed by atoms with E-state index >= 15 is 0 Å². The number of nitrogens with one attached hydrogen (secondary N) is 1. The molecule has 0 aliphatic heterocycles. The second-order valence-corrected chi connectivity index (χ2v) is 5.69. The summed E-state index contributed by atoms with van der Waals surface area (Å²) in [6.07, 6.45) is 4.25. The molecule has 2 aromatic carbocycles. The molecule has 1 N–H and O–H groups in total. The fourth-order valence-corrected chi connectivity index (χ4v) is 2.62. The third-order valence-corrected chi connectivity index (χ3v) is 3.87. The first-order chi connectivity index (χ1) is 10.7. The number of H-pyrrole nitrogens is 1. The Labute approximate surface area is 138 Å². The molecule has 0 saturated heterocycles. The highest BCUT2D eigenvalue weighted by Crippen LogP contribution is 2.25. The van der Waals surface area contributed by atoms with E-state index in [9.17, 15) is 0 Å². The number of benzene rings is 2. The zero-order valence-electron chi connectivity index (χ0n) is 11.7. The third-order valence-electron chi connectivity index (χ3n) is 3.28. The normalized spacial score (nSPS) is 10.6. The second-order valence-electron chi connectivity index (χ2n) is 4.84. The molecule has 0 aliphatic rings. The summed E-state index contributed by atoms with van der Waals surface area (Å²) in [5.41, 5.74) is 1.97. The lowest BCUT2D eigenvalue weighted by atomic mass is 10.1. The number of halogens is 2. The Hall–Kier alpha value is -1.97. The number of aromatic nitrogens is 2. The average Bonchev–Trinajstić information content (AvgIpc) is 3.01. The maximum Gasteiger partial charge on any atom is 0.123 e. The highest BCUT2D eigenvalue weighted by atomic mass is 35.5. The Morgan fingerprint density at radius 3 is 2.68 bits per heavy atom. The van der Waals surface area contributed by atoms with Crippen molar-refractivity contribution in [3.05, 3.63) is 81.9 Å². The number of rotatable bonds is 5. The molecule has 3 aromatic rings. The summed E-state index contributed by atoms with van der Waals surface area (Å²) >= 11 is 12.1. The van der Waals surface area contributed by atoms with E-state index in [0.717, 1.165) is 22.7 Å². The van der Waals surface area contributed by atoms with Crippen molar-refractivity contribution in [3.63, 3.8) is 0 Å². The average molecular weight is 333 g/mol. The van der Waals surface area contributed by atoms with Gasteiger partial charge in [0.25, 0.3) is 0 Å². The first-order valence-corrected chi connectivity index (χ1v) is 7.61. The Balaban J connectivity index is 1.75. The minimum absolute atomic E-state index is 0.394. The van der Waals surface area contributed by atoms with Gasteiger partial charge in [-0.2, -0.15) is 0 Å². The largest absolute Gasteiger partial charge is 0.489 e. The van der Waals surface area contributed by atoms with Gasteiger partial charge in [-0.05, 0) is 18.2 Å². The lowest BCUT2D eigenvalue weighted by Crippen LogP contribution is -2.00. The van der Waals surface area contributed by atoms with Crippen LogP contribution in [0.4, 0.5) is 0 Å².